The van der Waals surface area contributed by atoms with Gasteiger partial charge in [0.05, 0.1) is 0 Å². The minimum atomic E-state index is -2.19. The van der Waals surface area contributed by atoms with E-state index in [-0.39, 0.29) is 0 Å². The zero-order valence-corrected chi connectivity index (χ0v) is 14.0. The molecule has 2 N–H and O–H groups in total. The van der Waals surface area contributed by atoms with Crippen molar-refractivity contribution in [1.29, 1.82) is 0 Å². The lowest BCUT2D eigenvalue weighted by Crippen LogP contribution is -2.41. The molecule has 0 aliphatic carbocycles. The van der Waals surface area contributed by atoms with Gasteiger partial charge in [-0.25, -0.2) is 0 Å². The van der Waals surface area contributed by atoms with Gasteiger partial charge in [-0.2, -0.15) is 0 Å². The molecule has 0 atom stereocenters. The van der Waals surface area contributed by atoms with Gasteiger partial charge in [-0.15, -0.1) is 11.3 Å². The van der Waals surface area contributed by atoms with Gasteiger partial charge in [0.25, 0.3) is 0 Å². The SMILES string of the molecule is CC(C)NCCc1cc2cc([Si](C)(C)O)ccc2s1. The molecule has 2 aromatic rings. The Morgan fingerprint density at radius 3 is 2.63 bits per heavy atom. The van der Waals surface area contributed by atoms with Crippen molar-refractivity contribution in [1.82, 2.24) is 5.32 Å². The number of thiophene rings is 1. The number of benzene rings is 1. The van der Waals surface area contributed by atoms with Gasteiger partial charge in [-0.05, 0) is 42.2 Å². The lowest BCUT2D eigenvalue weighted by atomic mass is 10.2. The molecule has 0 bridgehead atoms. The fourth-order valence-electron chi connectivity index (χ4n) is 2.09. The largest absolute Gasteiger partial charge is 0.428 e. The average molecular weight is 294 g/mol. The Morgan fingerprint density at radius 1 is 1.26 bits per heavy atom. The van der Waals surface area contributed by atoms with Gasteiger partial charge in [-0.1, -0.05) is 26.0 Å². The van der Waals surface area contributed by atoms with Gasteiger partial charge < -0.3 is 10.1 Å². The van der Waals surface area contributed by atoms with E-state index in [0.717, 1.165) is 18.2 Å². The van der Waals surface area contributed by atoms with E-state index in [1.807, 2.05) is 24.4 Å². The second-order valence-electron chi connectivity index (χ2n) is 5.88. The summed E-state index contributed by atoms with van der Waals surface area (Å²) in [5, 5.41) is 5.84. The molecule has 1 heterocycles. The van der Waals surface area contributed by atoms with Gasteiger partial charge in [0.2, 0.25) is 8.32 Å². The van der Waals surface area contributed by atoms with E-state index < -0.39 is 8.32 Å². The number of rotatable bonds is 5. The van der Waals surface area contributed by atoms with Crippen LogP contribution in [0.4, 0.5) is 0 Å². The summed E-state index contributed by atoms with van der Waals surface area (Å²) >= 11 is 1.86. The van der Waals surface area contributed by atoms with Crippen molar-refractivity contribution in [3.05, 3.63) is 29.1 Å². The summed E-state index contributed by atoms with van der Waals surface area (Å²) in [5.74, 6) is 0. The third-order valence-electron chi connectivity index (χ3n) is 3.20. The van der Waals surface area contributed by atoms with E-state index in [9.17, 15) is 4.80 Å². The molecule has 0 saturated heterocycles. The minimum Gasteiger partial charge on any atom is -0.428 e. The fourth-order valence-corrected chi connectivity index (χ4v) is 4.13. The van der Waals surface area contributed by atoms with E-state index in [1.165, 1.54) is 15.0 Å². The first-order valence-corrected chi connectivity index (χ1v) is 10.6. The van der Waals surface area contributed by atoms with Crippen LogP contribution in [0.2, 0.25) is 13.1 Å². The monoisotopic (exact) mass is 293 g/mol. The highest BCUT2D eigenvalue weighted by molar-refractivity contribution is 7.19. The second kappa shape index (κ2) is 5.75. The zero-order valence-electron chi connectivity index (χ0n) is 12.2. The third kappa shape index (κ3) is 3.89. The molecule has 2 rings (SSSR count). The highest BCUT2D eigenvalue weighted by atomic mass is 32.1. The molecule has 0 saturated carbocycles. The first-order chi connectivity index (χ1) is 8.86. The maximum Gasteiger partial charge on any atom is 0.213 e. The van der Waals surface area contributed by atoms with Crippen molar-refractivity contribution in [3.63, 3.8) is 0 Å². The van der Waals surface area contributed by atoms with Crippen LogP contribution in [0.15, 0.2) is 24.3 Å². The van der Waals surface area contributed by atoms with Gasteiger partial charge in [0, 0.05) is 22.2 Å². The van der Waals surface area contributed by atoms with Crippen molar-refractivity contribution in [2.45, 2.75) is 39.4 Å². The first kappa shape index (κ1) is 14.7. The highest BCUT2D eigenvalue weighted by Gasteiger charge is 2.20. The number of hydrogen-bond acceptors (Lipinski definition) is 3. The predicted octanol–water partition coefficient (Wildman–Crippen LogP) is 2.85. The normalized spacial score (nSPS) is 12.5. The minimum absolute atomic E-state index is 0.544. The molecule has 0 spiro atoms. The molecule has 0 radical (unpaired) electrons. The maximum absolute atomic E-state index is 10.2. The topological polar surface area (TPSA) is 32.3 Å². The van der Waals surface area contributed by atoms with E-state index in [4.69, 9.17) is 0 Å². The van der Waals surface area contributed by atoms with Crippen LogP contribution in [-0.4, -0.2) is 25.7 Å². The molecule has 104 valence electrons. The van der Waals surface area contributed by atoms with Crippen LogP contribution in [0.1, 0.15) is 18.7 Å². The summed E-state index contributed by atoms with van der Waals surface area (Å²) in [5.41, 5.74) is 0. The van der Waals surface area contributed by atoms with Crippen molar-refractivity contribution in [2.75, 3.05) is 6.54 Å². The van der Waals surface area contributed by atoms with Gasteiger partial charge in [0.15, 0.2) is 0 Å². The highest BCUT2D eigenvalue weighted by Crippen LogP contribution is 2.25. The number of hydrogen-bond donors (Lipinski definition) is 2. The number of fused-ring (bicyclic) bond motifs is 1. The molecule has 1 aromatic heterocycles. The number of nitrogens with one attached hydrogen (secondary N) is 1. The molecular formula is C15H23NOSSi. The Kier molecular flexibility index (Phi) is 4.45. The zero-order chi connectivity index (χ0) is 14.0. The standard InChI is InChI=1S/C15H23NOSSi/c1-11(2)16-8-7-13-9-12-10-14(19(3,4)17)5-6-15(12)18-13/h5-6,9-11,16-17H,7-8H2,1-4H3. The Hall–Kier alpha value is -0.683. The summed E-state index contributed by atoms with van der Waals surface area (Å²) in [4.78, 5) is 11.6. The van der Waals surface area contributed by atoms with E-state index >= 15 is 0 Å². The Labute approximate surface area is 120 Å². The Morgan fingerprint density at radius 2 is 2.00 bits per heavy atom. The molecule has 0 unspecified atom stereocenters. The summed E-state index contributed by atoms with van der Waals surface area (Å²) in [6.45, 7) is 9.30. The van der Waals surface area contributed by atoms with Crippen LogP contribution < -0.4 is 10.5 Å². The second-order valence-corrected chi connectivity index (χ2v) is 10.7. The molecule has 2 nitrogen and oxygen atoms in total. The van der Waals surface area contributed by atoms with Crippen LogP contribution in [0.5, 0.6) is 0 Å². The molecule has 1 aromatic carbocycles. The maximum atomic E-state index is 10.2. The van der Waals surface area contributed by atoms with E-state index in [0.29, 0.717) is 6.04 Å². The summed E-state index contributed by atoms with van der Waals surface area (Å²) in [6.07, 6.45) is 1.08. The lowest BCUT2D eigenvalue weighted by molar-refractivity contribution is 0.568. The molecule has 0 amide bonds. The quantitative estimate of drug-likeness (QED) is 0.831. The van der Waals surface area contributed by atoms with Crippen molar-refractivity contribution < 1.29 is 4.80 Å². The molecule has 0 fully saturated rings. The predicted molar refractivity (Wildman–Crippen MR) is 88.0 cm³/mol. The van der Waals surface area contributed by atoms with Crippen LogP contribution in [0.25, 0.3) is 10.1 Å². The molecule has 4 heteroatoms. The van der Waals surface area contributed by atoms with Crippen LogP contribution in [-0.2, 0) is 6.42 Å². The molecule has 0 aliphatic rings. The first-order valence-electron chi connectivity index (χ1n) is 6.85. The third-order valence-corrected chi connectivity index (χ3v) is 6.10. The van der Waals surface area contributed by atoms with Crippen molar-refractivity contribution >= 4 is 34.9 Å². The molecule has 0 aliphatic heterocycles. The lowest BCUT2D eigenvalue weighted by Gasteiger charge is -2.14. The molecular weight excluding hydrogens is 270 g/mol. The van der Waals surface area contributed by atoms with Crippen molar-refractivity contribution in [3.8, 4) is 0 Å². The summed E-state index contributed by atoms with van der Waals surface area (Å²) in [6, 6.07) is 9.21. The summed E-state index contributed by atoms with van der Waals surface area (Å²) in [7, 11) is -2.19. The van der Waals surface area contributed by atoms with Crippen LogP contribution in [0.3, 0.4) is 0 Å². The van der Waals surface area contributed by atoms with E-state index in [2.05, 4.69) is 43.4 Å². The average Bonchev–Trinajstić information content (AvgIpc) is 2.68. The summed E-state index contributed by atoms with van der Waals surface area (Å²) < 4.78 is 1.32. The van der Waals surface area contributed by atoms with Gasteiger partial charge in [-0.3, -0.25) is 0 Å². The van der Waals surface area contributed by atoms with Crippen LogP contribution >= 0.6 is 11.3 Å². The Bertz CT molecular complexity index is 557. The van der Waals surface area contributed by atoms with Gasteiger partial charge >= 0.3 is 0 Å². The van der Waals surface area contributed by atoms with Gasteiger partial charge in [0.1, 0.15) is 0 Å². The van der Waals surface area contributed by atoms with E-state index in [1.54, 1.807) is 0 Å². The van der Waals surface area contributed by atoms with Crippen molar-refractivity contribution in [2.24, 2.45) is 0 Å². The van der Waals surface area contributed by atoms with Crippen LogP contribution in [0, 0.1) is 0 Å². The smallest absolute Gasteiger partial charge is 0.213 e. The fraction of sp³-hybridized carbons (Fsp3) is 0.467. The molecule has 19 heavy (non-hydrogen) atoms. The Balaban J connectivity index is 2.16.